The lowest BCUT2D eigenvalue weighted by atomic mass is 10.1. The Bertz CT molecular complexity index is 387. The van der Waals surface area contributed by atoms with Gasteiger partial charge in [0.05, 0.1) is 19.8 Å². The highest BCUT2D eigenvalue weighted by atomic mass is 35.5. The van der Waals surface area contributed by atoms with E-state index in [2.05, 4.69) is 0 Å². The zero-order valence-electron chi connectivity index (χ0n) is 11.3. The third-order valence-electron chi connectivity index (χ3n) is 3.57. The third-order valence-corrected chi connectivity index (χ3v) is 3.79. The van der Waals surface area contributed by atoms with Gasteiger partial charge in [0.1, 0.15) is 0 Å². The molecule has 1 saturated carbocycles. The first-order valence-electron chi connectivity index (χ1n) is 6.88. The van der Waals surface area contributed by atoms with Gasteiger partial charge in [0, 0.05) is 16.7 Å². The van der Waals surface area contributed by atoms with Crippen LogP contribution in [-0.2, 0) is 6.61 Å². The van der Waals surface area contributed by atoms with Crippen LogP contribution in [0.1, 0.15) is 44.1 Å². The molecule has 106 valence electrons. The van der Waals surface area contributed by atoms with Crippen molar-refractivity contribution in [2.75, 3.05) is 7.11 Å². The van der Waals surface area contributed by atoms with Crippen LogP contribution in [0.3, 0.4) is 0 Å². The summed E-state index contributed by atoms with van der Waals surface area (Å²) in [6, 6.07) is 3.46. The van der Waals surface area contributed by atoms with Gasteiger partial charge in [0.15, 0.2) is 11.5 Å². The van der Waals surface area contributed by atoms with Crippen LogP contribution in [0.2, 0.25) is 5.02 Å². The fourth-order valence-corrected chi connectivity index (χ4v) is 2.78. The third kappa shape index (κ3) is 3.77. The van der Waals surface area contributed by atoms with Crippen molar-refractivity contribution in [1.29, 1.82) is 0 Å². The molecular weight excluding hydrogens is 264 g/mol. The summed E-state index contributed by atoms with van der Waals surface area (Å²) < 4.78 is 11.4. The van der Waals surface area contributed by atoms with Crippen molar-refractivity contribution in [3.63, 3.8) is 0 Å². The molecule has 0 atom stereocenters. The number of aliphatic hydroxyl groups is 1. The minimum absolute atomic E-state index is 0.0982. The summed E-state index contributed by atoms with van der Waals surface area (Å²) in [6.45, 7) is -0.0982. The number of methoxy groups -OCH3 is 1. The van der Waals surface area contributed by atoms with E-state index in [1.54, 1.807) is 19.2 Å². The van der Waals surface area contributed by atoms with E-state index in [9.17, 15) is 5.11 Å². The Morgan fingerprint density at radius 1 is 1.21 bits per heavy atom. The number of benzene rings is 1. The quantitative estimate of drug-likeness (QED) is 0.851. The molecule has 1 aromatic carbocycles. The van der Waals surface area contributed by atoms with Crippen molar-refractivity contribution in [1.82, 2.24) is 0 Å². The summed E-state index contributed by atoms with van der Waals surface area (Å²) >= 11 is 6.00. The van der Waals surface area contributed by atoms with E-state index in [4.69, 9.17) is 21.1 Å². The minimum Gasteiger partial charge on any atom is -0.493 e. The van der Waals surface area contributed by atoms with Gasteiger partial charge >= 0.3 is 0 Å². The molecule has 1 aliphatic carbocycles. The molecule has 0 radical (unpaired) electrons. The summed E-state index contributed by atoms with van der Waals surface area (Å²) in [5, 5.41) is 10.0. The number of ether oxygens (including phenoxy) is 2. The van der Waals surface area contributed by atoms with E-state index in [0.29, 0.717) is 22.1 Å². The predicted octanol–water partition coefficient (Wildman–Crippen LogP) is 3.94. The monoisotopic (exact) mass is 284 g/mol. The fourth-order valence-electron chi connectivity index (χ4n) is 2.55. The molecule has 0 saturated heterocycles. The first kappa shape index (κ1) is 14.5. The summed E-state index contributed by atoms with van der Waals surface area (Å²) in [6.07, 6.45) is 7.31. The van der Waals surface area contributed by atoms with Crippen molar-refractivity contribution in [2.24, 2.45) is 0 Å². The maximum absolute atomic E-state index is 9.45. The van der Waals surface area contributed by atoms with E-state index in [-0.39, 0.29) is 12.7 Å². The molecule has 0 amide bonds. The van der Waals surface area contributed by atoms with Crippen LogP contribution in [-0.4, -0.2) is 18.3 Å². The first-order valence-corrected chi connectivity index (χ1v) is 7.26. The highest BCUT2D eigenvalue weighted by Crippen LogP contribution is 2.36. The second kappa shape index (κ2) is 7.01. The average molecular weight is 285 g/mol. The largest absolute Gasteiger partial charge is 0.493 e. The molecule has 1 fully saturated rings. The van der Waals surface area contributed by atoms with Crippen LogP contribution in [0.15, 0.2) is 12.1 Å². The smallest absolute Gasteiger partial charge is 0.167 e. The van der Waals surface area contributed by atoms with Crippen molar-refractivity contribution in [3.8, 4) is 11.5 Å². The van der Waals surface area contributed by atoms with E-state index < -0.39 is 0 Å². The number of hydrogen-bond donors (Lipinski definition) is 1. The van der Waals surface area contributed by atoms with Gasteiger partial charge in [-0.2, -0.15) is 0 Å². The van der Waals surface area contributed by atoms with Gasteiger partial charge in [-0.05, 0) is 31.7 Å². The molecular formula is C15H21ClO3. The minimum atomic E-state index is -0.0982. The highest BCUT2D eigenvalue weighted by molar-refractivity contribution is 6.30. The molecule has 0 aromatic heterocycles. The van der Waals surface area contributed by atoms with Gasteiger partial charge in [-0.3, -0.25) is 0 Å². The zero-order valence-corrected chi connectivity index (χ0v) is 12.1. The maximum atomic E-state index is 9.45. The fraction of sp³-hybridized carbons (Fsp3) is 0.600. The average Bonchev–Trinajstić information content (AvgIpc) is 2.68. The lowest BCUT2D eigenvalue weighted by molar-refractivity contribution is 0.169. The SMILES string of the molecule is COc1cc(Cl)cc(CO)c1OC1CCCCCC1. The molecule has 4 heteroatoms. The second-order valence-electron chi connectivity index (χ2n) is 4.99. The van der Waals surface area contributed by atoms with Gasteiger partial charge < -0.3 is 14.6 Å². The Morgan fingerprint density at radius 3 is 2.47 bits per heavy atom. The molecule has 0 spiro atoms. The molecule has 1 aliphatic rings. The van der Waals surface area contributed by atoms with Crippen LogP contribution in [0.4, 0.5) is 0 Å². The van der Waals surface area contributed by atoms with E-state index in [0.717, 1.165) is 12.8 Å². The van der Waals surface area contributed by atoms with Gasteiger partial charge in [-0.15, -0.1) is 0 Å². The van der Waals surface area contributed by atoms with Crippen molar-refractivity contribution in [2.45, 2.75) is 51.2 Å². The Hall–Kier alpha value is -0.930. The van der Waals surface area contributed by atoms with Crippen LogP contribution >= 0.6 is 11.6 Å². The number of hydrogen-bond acceptors (Lipinski definition) is 3. The Kier molecular flexibility index (Phi) is 5.34. The van der Waals surface area contributed by atoms with Crippen LogP contribution < -0.4 is 9.47 Å². The Labute approximate surface area is 119 Å². The van der Waals surface area contributed by atoms with Gasteiger partial charge in [-0.1, -0.05) is 24.4 Å². The predicted molar refractivity (Wildman–Crippen MR) is 76.0 cm³/mol. The molecule has 19 heavy (non-hydrogen) atoms. The van der Waals surface area contributed by atoms with E-state index >= 15 is 0 Å². The molecule has 1 N–H and O–H groups in total. The molecule has 0 aliphatic heterocycles. The standard InChI is InChI=1S/C15H21ClO3/c1-18-14-9-12(16)8-11(10-17)15(14)19-13-6-4-2-3-5-7-13/h8-9,13,17H,2-7,10H2,1H3. The van der Waals surface area contributed by atoms with Gasteiger partial charge in [0.25, 0.3) is 0 Å². The molecule has 3 nitrogen and oxygen atoms in total. The molecule has 1 aromatic rings. The maximum Gasteiger partial charge on any atom is 0.167 e. The van der Waals surface area contributed by atoms with Gasteiger partial charge in [0.2, 0.25) is 0 Å². The zero-order chi connectivity index (χ0) is 13.7. The lowest BCUT2D eigenvalue weighted by Gasteiger charge is -2.21. The number of aliphatic hydroxyl groups excluding tert-OH is 1. The van der Waals surface area contributed by atoms with E-state index in [1.807, 2.05) is 0 Å². The number of halogens is 1. The van der Waals surface area contributed by atoms with E-state index in [1.165, 1.54) is 25.7 Å². The first-order chi connectivity index (χ1) is 9.24. The number of rotatable bonds is 4. The normalized spacial score (nSPS) is 17.0. The molecule has 0 unspecified atom stereocenters. The Morgan fingerprint density at radius 2 is 1.89 bits per heavy atom. The molecule has 0 bridgehead atoms. The van der Waals surface area contributed by atoms with Crippen molar-refractivity contribution >= 4 is 11.6 Å². The summed E-state index contributed by atoms with van der Waals surface area (Å²) in [5.74, 6) is 1.24. The lowest BCUT2D eigenvalue weighted by Crippen LogP contribution is -2.16. The summed E-state index contributed by atoms with van der Waals surface area (Å²) in [5.41, 5.74) is 0.689. The van der Waals surface area contributed by atoms with Crippen molar-refractivity contribution in [3.05, 3.63) is 22.7 Å². The van der Waals surface area contributed by atoms with Crippen LogP contribution in [0.25, 0.3) is 0 Å². The summed E-state index contributed by atoms with van der Waals surface area (Å²) in [7, 11) is 1.59. The topological polar surface area (TPSA) is 38.7 Å². The van der Waals surface area contributed by atoms with Crippen LogP contribution in [0.5, 0.6) is 11.5 Å². The van der Waals surface area contributed by atoms with Crippen molar-refractivity contribution < 1.29 is 14.6 Å². The molecule has 0 heterocycles. The summed E-state index contributed by atoms with van der Waals surface area (Å²) in [4.78, 5) is 0. The molecule has 2 rings (SSSR count). The Balaban J connectivity index is 2.21. The second-order valence-corrected chi connectivity index (χ2v) is 5.42. The van der Waals surface area contributed by atoms with Crippen LogP contribution in [0, 0.1) is 0 Å². The highest BCUT2D eigenvalue weighted by Gasteiger charge is 2.19. The van der Waals surface area contributed by atoms with Gasteiger partial charge in [-0.25, -0.2) is 0 Å².